The van der Waals surface area contributed by atoms with Gasteiger partial charge in [0.05, 0.1) is 23.4 Å². The zero-order chi connectivity index (χ0) is 13.9. The molecule has 1 atom stereocenters. The zero-order valence-electron chi connectivity index (χ0n) is 11.3. The van der Waals surface area contributed by atoms with E-state index in [9.17, 15) is 4.79 Å². The van der Waals surface area contributed by atoms with Gasteiger partial charge in [-0.05, 0) is 32.8 Å². The molecular weight excluding hydrogens is 244 g/mol. The Kier molecular flexibility index (Phi) is 4.01. The van der Waals surface area contributed by atoms with Gasteiger partial charge in [-0.1, -0.05) is 0 Å². The molecule has 0 aliphatic carbocycles. The van der Waals surface area contributed by atoms with Crippen LogP contribution in [0.3, 0.4) is 0 Å². The second-order valence-corrected chi connectivity index (χ2v) is 5.19. The number of nitrogens with one attached hydrogen (secondary N) is 2. The van der Waals surface area contributed by atoms with Crippen molar-refractivity contribution < 1.29 is 9.53 Å². The fourth-order valence-electron chi connectivity index (χ4n) is 2.23. The van der Waals surface area contributed by atoms with Crippen LogP contribution in [0.2, 0.25) is 0 Å². The lowest BCUT2D eigenvalue weighted by molar-refractivity contribution is 0.0273. The molecule has 1 fully saturated rings. The van der Waals surface area contributed by atoms with E-state index in [4.69, 9.17) is 10.6 Å². The summed E-state index contributed by atoms with van der Waals surface area (Å²) in [5.74, 6) is 5.25. The lowest BCUT2D eigenvalue weighted by atomic mass is 9.94. The summed E-state index contributed by atoms with van der Waals surface area (Å²) in [5, 5.41) is 3.01. The van der Waals surface area contributed by atoms with Crippen LogP contribution in [0, 0.1) is 6.92 Å². The second-order valence-electron chi connectivity index (χ2n) is 5.19. The number of amides is 1. The number of pyridine rings is 1. The summed E-state index contributed by atoms with van der Waals surface area (Å²) in [6.45, 7) is 5.12. The van der Waals surface area contributed by atoms with Crippen molar-refractivity contribution in [2.45, 2.75) is 32.2 Å². The maximum Gasteiger partial charge on any atom is 0.255 e. The topological polar surface area (TPSA) is 89.3 Å². The molecule has 6 nitrogen and oxygen atoms in total. The second kappa shape index (κ2) is 5.54. The minimum Gasteiger partial charge on any atom is -0.379 e. The summed E-state index contributed by atoms with van der Waals surface area (Å²) in [5.41, 5.74) is 4.03. The molecule has 1 saturated heterocycles. The van der Waals surface area contributed by atoms with Crippen molar-refractivity contribution in [1.82, 2.24) is 10.3 Å². The van der Waals surface area contributed by atoms with Crippen LogP contribution in [-0.2, 0) is 4.74 Å². The minimum atomic E-state index is -0.327. The number of rotatable bonds is 3. The van der Waals surface area contributed by atoms with Gasteiger partial charge in [-0.2, -0.15) is 0 Å². The SMILES string of the molecule is Cc1cc(NN)c(C(=O)NC2(C)CCCOC2)cn1. The molecule has 0 bridgehead atoms. The van der Waals surface area contributed by atoms with Crippen LogP contribution < -0.4 is 16.6 Å². The Morgan fingerprint density at radius 2 is 2.37 bits per heavy atom. The number of nitrogens with two attached hydrogens (primary N) is 1. The third kappa shape index (κ3) is 3.21. The largest absolute Gasteiger partial charge is 0.379 e. The predicted molar refractivity (Wildman–Crippen MR) is 72.7 cm³/mol. The Hall–Kier alpha value is -1.66. The van der Waals surface area contributed by atoms with Crippen molar-refractivity contribution >= 4 is 11.6 Å². The number of hydrazine groups is 1. The molecule has 1 amide bonds. The lowest BCUT2D eigenvalue weighted by Gasteiger charge is -2.34. The van der Waals surface area contributed by atoms with E-state index >= 15 is 0 Å². The maximum atomic E-state index is 12.3. The highest BCUT2D eigenvalue weighted by Gasteiger charge is 2.30. The first-order chi connectivity index (χ1) is 9.04. The number of carbonyl (C=O) groups is 1. The number of aryl methyl sites for hydroxylation is 1. The van der Waals surface area contributed by atoms with Gasteiger partial charge < -0.3 is 15.5 Å². The maximum absolute atomic E-state index is 12.3. The summed E-state index contributed by atoms with van der Waals surface area (Å²) in [6, 6.07) is 1.74. The first kappa shape index (κ1) is 13.8. The normalized spacial score (nSPS) is 22.9. The molecule has 6 heteroatoms. The van der Waals surface area contributed by atoms with Crippen LogP contribution in [0.25, 0.3) is 0 Å². The van der Waals surface area contributed by atoms with Gasteiger partial charge in [-0.15, -0.1) is 0 Å². The molecule has 0 spiro atoms. The summed E-state index contributed by atoms with van der Waals surface area (Å²) >= 11 is 0. The summed E-state index contributed by atoms with van der Waals surface area (Å²) in [7, 11) is 0. The zero-order valence-corrected chi connectivity index (χ0v) is 11.3. The van der Waals surface area contributed by atoms with Gasteiger partial charge in [-0.3, -0.25) is 15.6 Å². The summed E-state index contributed by atoms with van der Waals surface area (Å²) in [4.78, 5) is 16.4. The van der Waals surface area contributed by atoms with Gasteiger partial charge in [0, 0.05) is 18.5 Å². The van der Waals surface area contributed by atoms with Crippen LogP contribution in [0.4, 0.5) is 5.69 Å². The van der Waals surface area contributed by atoms with E-state index in [0.29, 0.717) is 17.9 Å². The van der Waals surface area contributed by atoms with Gasteiger partial charge in [0.2, 0.25) is 0 Å². The molecule has 0 radical (unpaired) electrons. The molecule has 1 aliphatic heterocycles. The van der Waals surface area contributed by atoms with Gasteiger partial charge >= 0.3 is 0 Å². The molecular formula is C13H20N4O2. The quantitative estimate of drug-likeness (QED) is 0.559. The monoisotopic (exact) mass is 264 g/mol. The van der Waals surface area contributed by atoms with E-state index in [-0.39, 0.29) is 11.4 Å². The third-order valence-electron chi connectivity index (χ3n) is 3.29. The van der Waals surface area contributed by atoms with Crippen LogP contribution in [-0.4, -0.2) is 29.6 Å². The van der Waals surface area contributed by atoms with Gasteiger partial charge in [0.1, 0.15) is 0 Å². The molecule has 2 heterocycles. The standard InChI is InChI=1S/C13H20N4O2/c1-9-6-11(17-14)10(7-15-9)12(18)16-13(2)4-3-5-19-8-13/h6-7H,3-5,8,14H2,1-2H3,(H,15,17)(H,16,18). The van der Waals surface area contributed by atoms with Crippen LogP contribution in [0.1, 0.15) is 35.8 Å². The summed E-state index contributed by atoms with van der Waals surface area (Å²) < 4.78 is 5.43. The van der Waals surface area contributed by atoms with Crippen molar-refractivity contribution in [3.63, 3.8) is 0 Å². The van der Waals surface area contributed by atoms with Crippen LogP contribution >= 0.6 is 0 Å². The van der Waals surface area contributed by atoms with Crippen molar-refractivity contribution in [1.29, 1.82) is 0 Å². The average Bonchev–Trinajstić information content (AvgIpc) is 2.38. The van der Waals surface area contributed by atoms with Crippen LogP contribution in [0.15, 0.2) is 12.3 Å². The van der Waals surface area contributed by atoms with E-state index in [1.54, 1.807) is 6.07 Å². The fraction of sp³-hybridized carbons (Fsp3) is 0.538. The molecule has 1 aromatic rings. The Bertz CT molecular complexity index is 470. The molecule has 1 aromatic heterocycles. The highest BCUT2D eigenvalue weighted by atomic mass is 16.5. The van der Waals surface area contributed by atoms with Crippen LogP contribution in [0.5, 0.6) is 0 Å². The van der Waals surface area contributed by atoms with E-state index in [2.05, 4.69) is 15.7 Å². The minimum absolute atomic E-state index is 0.187. The van der Waals surface area contributed by atoms with Crippen molar-refractivity contribution in [3.05, 3.63) is 23.5 Å². The van der Waals surface area contributed by atoms with Gasteiger partial charge in [0.25, 0.3) is 5.91 Å². The molecule has 4 N–H and O–H groups in total. The number of hydrogen-bond acceptors (Lipinski definition) is 5. The van der Waals surface area contributed by atoms with E-state index < -0.39 is 0 Å². The molecule has 1 unspecified atom stereocenters. The number of carbonyl (C=O) groups excluding carboxylic acids is 1. The summed E-state index contributed by atoms with van der Waals surface area (Å²) in [6.07, 6.45) is 3.39. The highest BCUT2D eigenvalue weighted by molar-refractivity contribution is 5.99. The predicted octanol–water partition coefficient (Wildman–Crippen LogP) is 0.975. The third-order valence-corrected chi connectivity index (χ3v) is 3.29. The van der Waals surface area contributed by atoms with Crippen molar-refractivity contribution in [3.8, 4) is 0 Å². The Balaban J connectivity index is 2.15. The number of nitrogen functional groups attached to an aromatic ring is 1. The van der Waals surface area contributed by atoms with E-state index in [0.717, 1.165) is 25.1 Å². The average molecular weight is 264 g/mol. The van der Waals surface area contributed by atoms with Gasteiger partial charge in [-0.25, -0.2) is 0 Å². The molecule has 0 aromatic carbocycles. The van der Waals surface area contributed by atoms with E-state index in [1.165, 1.54) is 6.20 Å². The number of nitrogens with zero attached hydrogens (tertiary/aromatic N) is 1. The highest BCUT2D eigenvalue weighted by Crippen LogP contribution is 2.21. The molecule has 1 aliphatic rings. The van der Waals surface area contributed by atoms with E-state index in [1.807, 2.05) is 13.8 Å². The Morgan fingerprint density at radius 1 is 1.58 bits per heavy atom. The Labute approximate surface area is 112 Å². The van der Waals surface area contributed by atoms with Crippen molar-refractivity contribution in [2.24, 2.45) is 5.84 Å². The Morgan fingerprint density at radius 3 is 3.00 bits per heavy atom. The number of ether oxygens (including phenoxy) is 1. The lowest BCUT2D eigenvalue weighted by Crippen LogP contribution is -2.51. The first-order valence-corrected chi connectivity index (χ1v) is 6.38. The first-order valence-electron chi connectivity index (χ1n) is 6.38. The number of aromatic nitrogens is 1. The van der Waals surface area contributed by atoms with Crippen molar-refractivity contribution in [2.75, 3.05) is 18.6 Å². The molecule has 2 rings (SSSR count). The number of anilines is 1. The fourth-order valence-corrected chi connectivity index (χ4v) is 2.23. The molecule has 19 heavy (non-hydrogen) atoms. The number of hydrogen-bond donors (Lipinski definition) is 3. The molecule has 104 valence electrons. The molecule has 0 saturated carbocycles. The van der Waals surface area contributed by atoms with Gasteiger partial charge in [0.15, 0.2) is 0 Å². The smallest absolute Gasteiger partial charge is 0.255 e.